The number of para-hydroxylation sites is 1. The first-order valence-electron chi connectivity index (χ1n) is 7.05. The molecule has 2 aromatic rings. The Balaban J connectivity index is 2.33. The fourth-order valence-electron chi connectivity index (χ4n) is 2.19. The molecule has 6 nitrogen and oxygen atoms in total. The number of amides is 1. The molecule has 0 bridgehead atoms. The Morgan fingerprint density at radius 2 is 1.91 bits per heavy atom. The van der Waals surface area contributed by atoms with Crippen LogP contribution in [0.1, 0.15) is 30.0 Å². The number of nitrogens with zero attached hydrogens (tertiary/aromatic N) is 3. The number of carbonyl (C=O) groups excluding carboxylic acids is 1. The fourth-order valence-corrected chi connectivity index (χ4v) is 2.19. The zero-order valence-electron chi connectivity index (χ0n) is 12.9. The minimum Gasteiger partial charge on any atom is -0.480 e. The summed E-state index contributed by atoms with van der Waals surface area (Å²) in [6, 6.07) is 10.9. The molecule has 1 aromatic heterocycles. The second kappa shape index (κ2) is 6.43. The minimum absolute atomic E-state index is 0.217. The highest BCUT2D eigenvalue weighted by Gasteiger charge is 2.24. The number of aromatic nitrogens is 2. The standard InChI is InChI=1S/C16H19N3O3/c1-11(2)18(10-15(20)21)16(22)14-9-12(3)19(17-14)13-7-5-4-6-8-13/h4-9,11H,10H2,1-3H3,(H,20,21). The molecule has 1 N–H and O–H groups in total. The van der Waals surface area contributed by atoms with Gasteiger partial charge in [0.15, 0.2) is 5.69 Å². The van der Waals surface area contributed by atoms with Crippen LogP contribution in [-0.4, -0.2) is 44.3 Å². The first-order valence-corrected chi connectivity index (χ1v) is 7.05. The van der Waals surface area contributed by atoms with E-state index in [9.17, 15) is 9.59 Å². The molecule has 0 atom stereocenters. The van der Waals surface area contributed by atoms with E-state index in [0.29, 0.717) is 0 Å². The number of benzene rings is 1. The van der Waals surface area contributed by atoms with E-state index >= 15 is 0 Å². The van der Waals surface area contributed by atoms with Gasteiger partial charge in [0.05, 0.1) is 5.69 Å². The molecule has 116 valence electrons. The highest BCUT2D eigenvalue weighted by atomic mass is 16.4. The molecule has 0 aliphatic rings. The molecule has 22 heavy (non-hydrogen) atoms. The molecule has 0 aliphatic carbocycles. The van der Waals surface area contributed by atoms with Gasteiger partial charge in [-0.2, -0.15) is 5.10 Å². The lowest BCUT2D eigenvalue weighted by Crippen LogP contribution is -2.40. The van der Waals surface area contributed by atoms with Crippen LogP contribution in [0, 0.1) is 6.92 Å². The Bertz CT molecular complexity index is 677. The van der Waals surface area contributed by atoms with Crippen molar-refractivity contribution >= 4 is 11.9 Å². The smallest absolute Gasteiger partial charge is 0.323 e. The number of hydrogen-bond acceptors (Lipinski definition) is 3. The van der Waals surface area contributed by atoms with Crippen LogP contribution in [0.15, 0.2) is 36.4 Å². The Morgan fingerprint density at radius 3 is 2.45 bits per heavy atom. The lowest BCUT2D eigenvalue weighted by atomic mass is 10.2. The summed E-state index contributed by atoms with van der Waals surface area (Å²) in [5, 5.41) is 13.3. The fraction of sp³-hybridized carbons (Fsp3) is 0.312. The number of aryl methyl sites for hydroxylation is 1. The summed E-state index contributed by atoms with van der Waals surface area (Å²) < 4.78 is 1.67. The Hall–Kier alpha value is -2.63. The van der Waals surface area contributed by atoms with Crippen molar-refractivity contribution in [1.29, 1.82) is 0 Å². The first kappa shape index (κ1) is 15.8. The number of carboxylic acids is 1. The Morgan fingerprint density at radius 1 is 1.27 bits per heavy atom. The molecular formula is C16H19N3O3. The average Bonchev–Trinajstić information content (AvgIpc) is 2.86. The van der Waals surface area contributed by atoms with Gasteiger partial charge in [0, 0.05) is 11.7 Å². The van der Waals surface area contributed by atoms with Gasteiger partial charge < -0.3 is 10.0 Å². The summed E-state index contributed by atoms with van der Waals surface area (Å²) in [5.41, 5.74) is 1.92. The topological polar surface area (TPSA) is 75.4 Å². The Kier molecular flexibility index (Phi) is 4.60. The molecule has 0 fully saturated rings. The molecule has 0 radical (unpaired) electrons. The van der Waals surface area contributed by atoms with Crippen LogP contribution in [-0.2, 0) is 4.79 Å². The van der Waals surface area contributed by atoms with Crippen molar-refractivity contribution < 1.29 is 14.7 Å². The van der Waals surface area contributed by atoms with E-state index < -0.39 is 5.97 Å². The lowest BCUT2D eigenvalue weighted by Gasteiger charge is -2.23. The maximum atomic E-state index is 12.5. The summed E-state index contributed by atoms with van der Waals surface area (Å²) in [6.07, 6.45) is 0. The van der Waals surface area contributed by atoms with Crippen LogP contribution in [0.5, 0.6) is 0 Å². The van der Waals surface area contributed by atoms with E-state index in [1.54, 1.807) is 24.6 Å². The molecule has 2 rings (SSSR count). The van der Waals surface area contributed by atoms with E-state index in [1.165, 1.54) is 4.90 Å². The molecule has 1 amide bonds. The van der Waals surface area contributed by atoms with Crippen LogP contribution in [0.25, 0.3) is 5.69 Å². The molecule has 1 heterocycles. The van der Waals surface area contributed by atoms with Gasteiger partial charge in [0.1, 0.15) is 6.54 Å². The molecule has 0 unspecified atom stereocenters. The van der Waals surface area contributed by atoms with Crippen LogP contribution in [0.2, 0.25) is 0 Å². The van der Waals surface area contributed by atoms with Crippen molar-refractivity contribution in [1.82, 2.24) is 14.7 Å². The molecular weight excluding hydrogens is 282 g/mol. The summed E-state index contributed by atoms with van der Waals surface area (Å²) in [4.78, 5) is 24.7. The van der Waals surface area contributed by atoms with E-state index in [4.69, 9.17) is 5.11 Å². The number of aliphatic carboxylic acids is 1. The number of rotatable bonds is 5. The summed E-state index contributed by atoms with van der Waals surface area (Å²) in [6.45, 7) is 5.07. The maximum Gasteiger partial charge on any atom is 0.323 e. The monoisotopic (exact) mass is 301 g/mol. The quantitative estimate of drug-likeness (QED) is 0.918. The van der Waals surface area contributed by atoms with Crippen LogP contribution >= 0.6 is 0 Å². The number of carboxylic acid groups (broad SMARTS) is 1. The highest BCUT2D eigenvalue weighted by molar-refractivity contribution is 5.94. The molecule has 1 aromatic carbocycles. The molecule has 6 heteroatoms. The first-order chi connectivity index (χ1) is 10.4. The second-order valence-corrected chi connectivity index (χ2v) is 5.34. The third kappa shape index (κ3) is 3.33. The van der Waals surface area contributed by atoms with Crippen molar-refractivity contribution in [3.63, 3.8) is 0 Å². The lowest BCUT2D eigenvalue weighted by molar-refractivity contribution is -0.138. The Labute approximate surface area is 129 Å². The third-order valence-electron chi connectivity index (χ3n) is 3.30. The van der Waals surface area contributed by atoms with Gasteiger partial charge in [-0.25, -0.2) is 4.68 Å². The van der Waals surface area contributed by atoms with Gasteiger partial charge in [-0.3, -0.25) is 9.59 Å². The van der Waals surface area contributed by atoms with Crippen molar-refractivity contribution in [2.75, 3.05) is 6.54 Å². The van der Waals surface area contributed by atoms with E-state index in [0.717, 1.165) is 11.4 Å². The highest BCUT2D eigenvalue weighted by Crippen LogP contribution is 2.14. The van der Waals surface area contributed by atoms with Crippen LogP contribution in [0.3, 0.4) is 0 Å². The summed E-state index contributed by atoms with van der Waals surface area (Å²) >= 11 is 0. The van der Waals surface area contributed by atoms with Crippen molar-refractivity contribution in [3.8, 4) is 5.69 Å². The molecule has 0 aliphatic heterocycles. The summed E-state index contributed by atoms with van der Waals surface area (Å²) in [7, 11) is 0. The number of carbonyl (C=O) groups is 2. The van der Waals surface area contributed by atoms with Crippen molar-refractivity contribution in [2.24, 2.45) is 0 Å². The number of hydrogen-bond donors (Lipinski definition) is 1. The van der Waals surface area contributed by atoms with Gasteiger partial charge in [-0.15, -0.1) is 0 Å². The average molecular weight is 301 g/mol. The van der Waals surface area contributed by atoms with Crippen LogP contribution < -0.4 is 0 Å². The zero-order chi connectivity index (χ0) is 16.3. The third-order valence-corrected chi connectivity index (χ3v) is 3.30. The molecule has 0 saturated heterocycles. The molecule has 0 saturated carbocycles. The normalized spacial score (nSPS) is 10.7. The predicted molar refractivity (Wildman–Crippen MR) is 82.1 cm³/mol. The van der Waals surface area contributed by atoms with E-state index in [2.05, 4.69) is 5.10 Å². The SMILES string of the molecule is Cc1cc(C(=O)N(CC(=O)O)C(C)C)nn1-c1ccccc1. The van der Waals surface area contributed by atoms with Gasteiger partial charge in [-0.05, 0) is 39.0 Å². The van der Waals surface area contributed by atoms with Crippen LogP contribution in [0.4, 0.5) is 0 Å². The molecule has 0 spiro atoms. The second-order valence-electron chi connectivity index (χ2n) is 5.34. The van der Waals surface area contributed by atoms with Gasteiger partial charge >= 0.3 is 5.97 Å². The minimum atomic E-state index is -1.04. The van der Waals surface area contributed by atoms with Gasteiger partial charge in [0.2, 0.25) is 0 Å². The van der Waals surface area contributed by atoms with Crippen molar-refractivity contribution in [2.45, 2.75) is 26.8 Å². The van der Waals surface area contributed by atoms with Crippen molar-refractivity contribution in [3.05, 3.63) is 47.8 Å². The predicted octanol–water partition coefficient (Wildman–Crippen LogP) is 2.12. The van der Waals surface area contributed by atoms with E-state index in [1.807, 2.05) is 37.3 Å². The maximum absolute atomic E-state index is 12.5. The van der Waals surface area contributed by atoms with E-state index in [-0.39, 0.29) is 24.2 Å². The van der Waals surface area contributed by atoms with Gasteiger partial charge in [-0.1, -0.05) is 18.2 Å². The largest absolute Gasteiger partial charge is 0.480 e. The zero-order valence-corrected chi connectivity index (χ0v) is 12.9. The summed E-state index contributed by atoms with van der Waals surface area (Å²) in [5.74, 6) is -1.42. The van der Waals surface area contributed by atoms with Gasteiger partial charge in [0.25, 0.3) is 5.91 Å².